The quantitative estimate of drug-likeness (QED) is 0.443. The van der Waals surface area contributed by atoms with Gasteiger partial charge in [0, 0.05) is 28.6 Å². The molecule has 148 valence electrons. The molecule has 0 aliphatic heterocycles. The molecular weight excluding hydrogens is 402 g/mol. The first-order valence-corrected chi connectivity index (χ1v) is 9.56. The van der Waals surface area contributed by atoms with Gasteiger partial charge in [-0.15, -0.1) is 11.3 Å². The van der Waals surface area contributed by atoms with Gasteiger partial charge in [-0.2, -0.15) is 0 Å². The number of carbonyl (C=O) groups excluding carboxylic acids is 1. The van der Waals surface area contributed by atoms with Gasteiger partial charge in [0.1, 0.15) is 17.3 Å². The van der Waals surface area contributed by atoms with E-state index in [0.717, 1.165) is 42.4 Å². The standard InChI is InChI=1S/C19H14F2N4O3S/c20-11-2-5-14(21)13(8-11)16-9-29-19(23-16)24-18(26)10-1-6-15(22-12-3-4-12)17(7-10)25(27)28/h1-2,5-9,12,22H,3-4H2,(H,23,24,26). The lowest BCUT2D eigenvalue weighted by atomic mass is 10.1. The van der Waals surface area contributed by atoms with Crippen molar-refractivity contribution in [3.63, 3.8) is 0 Å². The number of nitrogens with zero attached hydrogens (tertiary/aromatic N) is 2. The number of hydrogen-bond acceptors (Lipinski definition) is 6. The predicted octanol–water partition coefficient (Wildman–Crippen LogP) is 4.82. The molecule has 0 spiro atoms. The molecule has 0 unspecified atom stereocenters. The maximum atomic E-state index is 13.9. The summed E-state index contributed by atoms with van der Waals surface area (Å²) in [5.41, 5.74) is 0.426. The molecule has 1 aliphatic rings. The van der Waals surface area contributed by atoms with Gasteiger partial charge in [0.25, 0.3) is 11.6 Å². The average molecular weight is 416 g/mol. The molecule has 4 rings (SSSR count). The highest BCUT2D eigenvalue weighted by Crippen LogP contribution is 2.32. The Morgan fingerprint density at radius 2 is 2.00 bits per heavy atom. The number of benzene rings is 2. The third kappa shape index (κ3) is 4.21. The molecule has 1 fully saturated rings. The van der Waals surface area contributed by atoms with Gasteiger partial charge in [-0.1, -0.05) is 0 Å². The van der Waals surface area contributed by atoms with Crippen LogP contribution in [-0.2, 0) is 0 Å². The molecule has 0 atom stereocenters. The van der Waals surface area contributed by atoms with E-state index < -0.39 is 22.5 Å². The molecule has 0 radical (unpaired) electrons. The summed E-state index contributed by atoms with van der Waals surface area (Å²) in [5.74, 6) is -1.83. The van der Waals surface area contributed by atoms with Gasteiger partial charge in [0.2, 0.25) is 0 Å². The summed E-state index contributed by atoms with van der Waals surface area (Å²) in [6, 6.07) is 7.42. The smallest absolute Gasteiger partial charge is 0.293 e. The van der Waals surface area contributed by atoms with Crippen molar-refractivity contribution in [3.8, 4) is 11.3 Å². The molecule has 1 aliphatic carbocycles. The fourth-order valence-electron chi connectivity index (χ4n) is 2.71. The Labute approximate surface area is 167 Å². The minimum Gasteiger partial charge on any atom is -0.377 e. The molecular formula is C19H14F2N4O3S. The summed E-state index contributed by atoms with van der Waals surface area (Å²) in [5, 5.41) is 18.6. The molecule has 2 N–H and O–H groups in total. The van der Waals surface area contributed by atoms with E-state index in [1.807, 2.05) is 0 Å². The number of nitro benzene ring substituents is 1. The topological polar surface area (TPSA) is 97.2 Å². The van der Waals surface area contributed by atoms with Gasteiger partial charge in [-0.25, -0.2) is 13.8 Å². The molecule has 1 aromatic heterocycles. The van der Waals surface area contributed by atoms with Gasteiger partial charge in [-0.05, 0) is 43.2 Å². The monoisotopic (exact) mass is 416 g/mol. The molecule has 7 nitrogen and oxygen atoms in total. The van der Waals surface area contributed by atoms with Crippen LogP contribution in [0.3, 0.4) is 0 Å². The van der Waals surface area contributed by atoms with Gasteiger partial charge in [-0.3, -0.25) is 20.2 Å². The van der Waals surface area contributed by atoms with E-state index in [1.165, 1.54) is 23.6 Å². The minimum absolute atomic E-state index is 0.0205. The van der Waals surface area contributed by atoms with Crippen molar-refractivity contribution in [1.29, 1.82) is 0 Å². The number of rotatable bonds is 6. The SMILES string of the molecule is O=C(Nc1nc(-c2cc(F)ccc2F)cs1)c1ccc(NC2CC2)c([N+](=O)[O-])c1. The Hall–Kier alpha value is -3.40. The lowest BCUT2D eigenvalue weighted by Gasteiger charge is -2.07. The first kappa shape index (κ1) is 18.9. The van der Waals surface area contributed by atoms with E-state index in [2.05, 4.69) is 15.6 Å². The number of halogens is 2. The van der Waals surface area contributed by atoms with E-state index in [9.17, 15) is 23.7 Å². The second-order valence-electron chi connectivity index (χ2n) is 6.52. The van der Waals surface area contributed by atoms with Crippen LogP contribution in [0.5, 0.6) is 0 Å². The van der Waals surface area contributed by atoms with Crippen LogP contribution in [0.1, 0.15) is 23.2 Å². The lowest BCUT2D eigenvalue weighted by molar-refractivity contribution is -0.384. The van der Waals surface area contributed by atoms with Crippen molar-refractivity contribution in [1.82, 2.24) is 4.98 Å². The summed E-state index contributed by atoms with van der Waals surface area (Å²) < 4.78 is 27.3. The second-order valence-corrected chi connectivity index (χ2v) is 7.38. The fraction of sp³-hybridized carbons (Fsp3) is 0.158. The van der Waals surface area contributed by atoms with Crippen LogP contribution < -0.4 is 10.6 Å². The number of nitro groups is 1. The first-order chi connectivity index (χ1) is 13.9. The van der Waals surface area contributed by atoms with Gasteiger partial charge in [0.05, 0.1) is 10.6 Å². The molecule has 0 saturated heterocycles. The van der Waals surface area contributed by atoms with Crippen molar-refractivity contribution in [2.24, 2.45) is 0 Å². The zero-order valence-corrected chi connectivity index (χ0v) is 15.6. The maximum Gasteiger partial charge on any atom is 0.293 e. The maximum absolute atomic E-state index is 13.9. The third-order valence-electron chi connectivity index (χ3n) is 4.32. The number of amides is 1. The minimum atomic E-state index is -0.635. The van der Waals surface area contributed by atoms with Crippen molar-refractivity contribution >= 4 is 33.8 Å². The van der Waals surface area contributed by atoms with Crippen LogP contribution in [0.2, 0.25) is 0 Å². The lowest BCUT2D eigenvalue weighted by Crippen LogP contribution is -2.13. The van der Waals surface area contributed by atoms with Gasteiger partial charge < -0.3 is 5.32 Å². The highest BCUT2D eigenvalue weighted by molar-refractivity contribution is 7.14. The van der Waals surface area contributed by atoms with E-state index in [0.29, 0.717) is 5.69 Å². The molecule has 3 aromatic rings. The Morgan fingerprint density at radius 1 is 1.21 bits per heavy atom. The number of thiazole rings is 1. The van der Waals surface area contributed by atoms with Crippen LogP contribution in [-0.4, -0.2) is 21.9 Å². The zero-order chi connectivity index (χ0) is 20.5. The largest absolute Gasteiger partial charge is 0.377 e. The molecule has 0 bridgehead atoms. The summed E-state index contributed by atoms with van der Waals surface area (Å²) in [4.78, 5) is 27.4. The van der Waals surface area contributed by atoms with Crippen LogP contribution in [0.4, 0.5) is 25.3 Å². The zero-order valence-electron chi connectivity index (χ0n) is 14.8. The molecule has 2 aromatic carbocycles. The van der Waals surface area contributed by atoms with E-state index in [4.69, 9.17) is 0 Å². The number of anilines is 2. The molecule has 10 heteroatoms. The van der Waals surface area contributed by atoms with Crippen LogP contribution in [0.25, 0.3) is 11.3 Å². The second kappa shape index (κ2) is 7.55. The Kier molecular flexibility index (Phi) is 4.93. The van der Waals surface area contributed by atoms with Crippen LogP contribution >= 0.6 is 11.3 Å². The van der Waals surface area contributed by atoms with E-state index in [-0.39, 0.29) is 33.7 Å². The van der Waals surface area contributed by atoms with Gasteiger partial charge >= 0.3 is 0 Å². The Bertz CT molecular complexity index is 1110. The van der Waals surface area contributed by atoms with Crippen LogP contribution in [0.15, 0.2) is 41.8 Å². The molecule has 29 heavy (non-hydrogen) atoms. The number of hydrogen-bond donors (Lipinski definition) is 2. The Balaban J connectivity index is 1.54. The predicted molar refractivity (Wildman–Crippen MR) is 105 cm³/mol. The van der Waals surface area contributed by atoms with E-state index >= 15 is 0 Å². The first-order valence-electron chi connectivity index (χ1n) is 8.68. The van der Waals surface area contributed by atoms with Crippen molar-refractivity contribution < 1.29 is 18.5 Å². The summed E-state index contributed by atoms with van der Waals surface area (Å²) in [7, 11) is 0. The third-order valence-corrected chi connectivity index (χ3v) is 5.08. The Morgan fingerprint density at radius 3 is 2.72 bits per heavy atom. The van der Waals surface area contributed by atoms with Crippen molar-refractivity contribution in [2.75, 3.05) is 10.6 Å². The highest BCUT2D eigenvalue weighted by atomic mass is 32.1. The van der Waals surface area contributed by atoms with Crippen LogP contribution in [0, 0.1) is 21.7 Å². The highest BCUT2D eigenvalue weighted by Gasteiger charge is 2.25. The molecule has 1 heterocycles. The summed E-state index contributed by atoms with van der Waals surface area (Å²) >= 11 is 1.03. The number of carbonyl (C=O) groups is 1. The van der Waals surface area contributed by atoms with Gasteiger partial charge in [0.15, 0.2) is 5.13 Å². The van der Waals surface area contributed by atoms with E-state index in [1.54, 1.807) is 0 Å². The molecule has 1 saturated carbocycles. The number of aromatic nitrogens is 1. The normalized spacial score (nSPS) is 13.2. The summed E-state index contributed by atoms with van der Waals surface area (Å²) in [6.45, 7) is 0. The molecule has 1 amide bonds. The summed E-state index contributed by atoms with van der Waals surface area (Å²) in [6.07, 6.45) is 1.91. The fourth-order valence-corrected chi connectivity index (χ4v) is 3.42. The van der Waals surface area contributed by atoms with Crippen molar-refractivity contribution in [3.05, 3.63) is 69.1 Å². The average Bonchev–Trinajstić information content (AvgIpc) is 3.39. The van der Waals surface area contributed by atoms with Crippen molar-refractivity contribution in [2.45, 2.75) is 18.9 Å². The number of nitrogens with one attached hydrogen (secondary N) is 2.